The molecule has 0 atom stereocenters. The number of rotatable bonds is 8. The van der Waals surface area contributed by atoms with Gasteiger partial charge in [-0.05, 0) is 56.0 Å². The molecule has 6 nitrogen and oxygen atoms in total. The second-order valence-electron chi connectivity index (χ2n) is 7.95. The highest BCUT2D eigenvalue weighted by molar-refractivity contribution is 7.92. The Hall–Kier alpha value is -2.25. The molecule has 1 saturated carbocycles. The number of hydrogen-bond acceptors (Lipinski definition) is 4. The fourth-order valence-corrected chi connectivity index (χ4v) is 5.42. The van der Waals surface area contributed by atoms with Crippen molar-refractivity contribution < 1.29 is 17.9 Å². The van der Waals surface area contributed by atoms with Crippen LogP contribution in [0, 0.1) is 12.8 Å². The molecule has 1 aliphatic rings. The van der Waals surface area contributed by atoms with Gasteiger partial charge >= 0.3 is 0 Å². The van der Waals surface area contributed by atoms with Crippen molar-refractivity contribution in [1.29, 1.82) is 0 Å². The van der Waals surface area contributed by atoms with Crippen LogP contribution in [0.25, 0.3) is 0 Å². The van der Waals surface area contributed by atoms with E-state index < -0.39 is 10.0 Å². The van der Waals surface area contributed by atoms with E-state index in [9.17, 15) is 13.2 Å². The first-order chi connectivity index (χ1) is 14.8. The zero-order valence-electron chi connectivity index (χ0n) is 17.9. The number of nitrogens with zero attached hydrogens (tertiary/aromatic N) is 1. The molecule has 0 unspecified atom stereocenters. The summed E-state index contributed by atoms with van der Waals surface area (Å²) < 4.78 is 33.5. The molecule has 0 bridgehead atoms. The highest BCUT2D eigenvalue weighted by atomic mass is 35.5. The Morgan fingerprint density at radius 3 is 2.45 bits per heavy atom. The van der Waals surface area contributed by atoms with Gasteiger partial charge in [-0.15, -0.1) is 0 Å². The number of benzene rings is 2. The molecule has 0 saturated heterocycles. The lowest BCUT2D eigenvalue weighted by Gasteiger charge is -2.27. The normalized spacial score (nSPS) is 14.8. The fourth-order valence-electron chi connectivity index (χ4n) is 3.83. The van der Waals surface area contributed by atoms with Crippen LogP contribution in [-0.4, -0.2) is 34.5 Å². The van der Waals surface area contributed by atoms with E-state index in [0.717, 1.165) is 22.7 Å². The highest BCUT2D eigenvalue weighted by Gasteiger charge is 2.30. The van der Waals surface area contributed by atoms with Crippen molar-refractivity contribution in [2.24, 2.45) is 5.92 Å². The van der Waals surface area contributed by atoms with Gasteiger partial charge in [0.25, 0.3) is 10.0 Å². The van der Waals surface area contributed by atoms with Crippen LogP contribution in [0.2, 0.25) is 5.02 Å². The fraction of sp³-hybridized carbons (Fsp3) is 0.435. The number of amides is 1. The van der Waals surface area contributed by atoms with Gasteiger partial charge in [0.15, 0.2) is 0 Å². The van der Waals surface area contributed by atoms with Crippen LogP contribution in [0.3, 0.4) is 0 Å². The summed E-state index contributed by atoms with van der Waals surface area (Å²) in [5.74, 6) is 0.406. The molecule has 168 valence electrons. The molecule has 2 aromatic rings. The third-order valence-corrected chi connectivity index (χ3v) is 7.63. The van der Waals surface area contributed by atoms with E-state index in [2.05, 4.69) is 5.32 Å². The number of hydrogen-bond donors (Lipinski definition) is 1. The van der Waals surface area contributed by atoms with Gasteiger partial charge in [0, 0.05) is 11.6 Å². The Kier molecular flexibility index (Phi) is 7.84. The number of anilines is 1. The van der Waals surface area contributed by atoms with E-state index in [4.69, 9.17) is 16.3 Å². The molecule has 8 heteroatoms. The second kappa shape index (κ2) is 10.4. The molecule has 1 N–H and O–H groups in total. The Balaban J connectivity index is 1.90. The van der Waals surface area contributed by atoms with Gasteiger partial charge in [-0.2, -0.15) is 0 Å². The second-order valence-corrected chi connectivity index (χ2v) is 10.2. The standard InChI is InChI=1S/C23H29ClN2O4S/c1-17-8-11-20(12-9-17)31(28,29)26(21-14-19(24)10-13-22(21)30-2)16-23(27)25-15-18-6-4-3-5-7-18/h8-14,18H,3-7,15-16H2,1-2H3,(H,25,27). The molecule has 1 amide bonds. The SMILES string of the molecule is COc1ccc(Cl)cc1N(CC(=O)NCC1CCCCC1)S(=O)(=O)c1ccc(C)cc1. The van der Waals surface area contributed by atoms with Gasteiger partial charge in [0.05, 0.1) is 17.7 Å². The van der Waals surface area contributed by atoms with Crippen molar-refractivity contribution in [2.45, 2.75) is 43.9 Å². The molecule has 0 aliphatic heterocycles. The van der Waals surface area contributed by atoms with Crippen molar-refractivity contribution in [3.63, 3.8) is 0 Å². The number of aryl methyl sites for hydroxylation is 1. The van der Waals surface area contributed by atoms with Gasteiger partial charge in [0.2, 0.25) is 5.91 Å². The van der Waals surface area contributed by atoms with E-state index in [1.54, 1.807) is 24.3 Å². The maximum Gasteiger partial charge on any atom is 0.264 e. The highest BCUT2D eigenvalue weighted by Crippen LogP contribution is 2.34. The van der Waals surface area contributed by atoms with Gasteiger partial charge in [-0.1, -0.05) is 48.6 Å². The van der Waals surface area contributed by atoms with Crippen LogP contribution in [-0.2, 0) is 14.8 Å². The number of nitrogens with one attached hydrogen (secondary N) is 1. The van der Waals surface area contributed by atoms with Crippen LogP contribution >= 0.6 is 11.6 Å². The van der Waals surface area contributed by atoms with Crippen molar-refractivity contribution in [3.8, 4) is 5.75 Å². The molecular weight excluding hydrogens is 436 g/mol. The minimum absolute atomic E-state index is 0.0974. The lowest BCUT2D eigenvalue weighted by molar-refractivity contribution is -0.119. The minimum Gasteiger partial charge on any atom is -0.495 e. The van der Waals surface area contributed by atoms with Crippen molar-refractivity contribution in [2.75, 3.05) is 24.5 Å². The number of carbonyl (C=O) groups is 1. The number of sulfonamides is 1. The van der Waals surface area contributed by atoms with Gasteiger partial charge in [0.1, 0.15) is 12.3 Å². The molecule has 0 aromatic heterocycles. The average Bonchev–Trinajstić information content (AvgIpc) is 2.77. The summed E-state index contributed by atoms with van der Waals surface area (Å²) >= 11 is 6.16. The number of ether oxygens (including phenoxy) is 1. The van der Waals surface area contributed by atoms with Crippen molar-refractivity contribution in [1.82, 2.24) is 5.32 Å². The quantitative estimate of drug-likeness (QED) is 0.621. The third-order valence-electron chi connectivity index (χ3n) is 5.62. The zero-order chi connectivity index (χ0) is 22.4. The predicted octanol–water partition coefficient (Wildman–Crippen LogP) is 4.55. The summed E-state index contributed by atoms with van der Waals surface area (Å²) in [6.07, 6.45) is 5.77. The van der Waals surface area contributed by atoms with Gasteiger partial charge < -0.3 is 10.1 Å². The minimum atomic E-state index is -4.02. The molecule has 31 heavy (non-hydrogen) atoms. The summed E-state index contributed by atoms with van der Waals surface area (Å²) in [4.78, 5) is 12.9. The maximum atomic E-state index is 13.5. The number of methoxy groups -OCH3 is 1. The summed E-state index contributed by atoms with van der Waals surface area (Å²) in [6, 6.07) is 11.2. The van der Waals surface area contributed by atoms with E-state index in [1.807, 2.05) is 6.92 Å². The monoisotopic (exact) mass is 464 g/mol. The van der Waals surface area contributed by atoms with E-state index in [-0.39, 0.29) is 23.0 Å². The Labute approximate surface area is 189 Å². The molecule has 1 aliphatic carbocycles. The Morgan fingerprint density at radius 2 is 1.81 bits per heavy atom. The van der Waals surface area contributed by atoms with Crippen LogP contribution in [0.1, 0.15) is 37.7 Å². The van der Waals surface area contributed by atoms with Gasteiger partial charge in [-0.3, -0.25) is 9.10 Å². The van der Waals surface area contributed by atoms with Crippen molar-refractivity contribution >= 4 is 33.2 Å². The van der Waals surface area contributed by atoms with E-state index >= 15 is 0 Å². The molecular formula is C23H29ClN2O4S. The molecule has 1 fully saturated rings. The summed E-state index contributed by atoms with van der Waals surface area (Å²) in [5, 5.41) is 3.27. The Bertz CT molecular complexity index is 1000. The first-order valence-corrected chi connectivity index (χ1v) is 12.3. The topological polar surface area (TPSA) is 75.7 Å². The van der Waals surface area contributed by atoms with Crippen molar-refractivity contribution in [3.05, 3.63) is 53.1 Å². The van der Waals surface area contributed by atoms with Crippen LogP contribution in [0.5, 0.6) is 5.75 Å². The summed E-state index contributed by atoms with van der Waals surface area (Å²) in [5.41, 5.74) is 1.17. The smallest absolute Gasteiger partial charge is 0.264 e. The molecule has 0 spiro atoms. The third kappa shape index (κ3) is 5.92. The van der Waals surface area contributed by atoms with E-state index in [0.29, 0.717) is 23.2 Å². The van der Waals surface area contributed by atoms with Crippen LogP contribution in [0.15, 0.2) is 47.4 Å². The lowest BCUT2D eigenvalue weighted by Crippen LogP contribution is -2.42. The van der Waals surface area contributed by atoms with Crippen LogP contribution < -0.4 is 14.4 Å². The first-order valence-electron chi connectivity index (χ1n) is 10.5. The number of carbonyl (C=O) groups excluding carboxylic acids is 1. The maximum absolute atomic E-state index is 13.5. The average molecular weight is 465 g/mol. The Morgan fingerprint density at radius 1 is 1.13 bits per heavy atom. The van der Waals surface area contributed by atoms with Crippen LogP contribution in [0.4, 0.5) is 5.69 Å². The van der Waals surface area contributed by atoms with Gasteiger partial charge in [-0.25, -0.2) is 8.42 Å². The summed E-state index contributed by atoms with van der Waals surface area (Å²) in [6.45, 7) is 2.08. The lowest BCUT2D eigenvalue weighted by atomic mass is 9.89. The predicted molar refractivity (Wildman–Crippen MR) is 123 cm³/mol. The summed E-state index contributed by atoms with van der Waals surface area (Å²) in [7, 11) is -2.57. The zero-order valence-corrected chi connectivity index (χ0v) is 19.5. The molecule has 0 heterocycles. The number of halogens is 1. The first kappa shape index (κ1) is 23.4. The van der Waals surface area contributed by atoms with E-state index in [1.165, 1.54) is 44.6 Å². The molecule has 2 aromatic carbocycles. The largest absolute Gasteiger partial charge is 0.495 e. The molecule has 0 radical (unpaired) electrons. The molecule has 3 rings (SSSR count).